The summed E-state index contributed by atoms with van der Waals surface area (Å²) in [6.45, 7) is 3.56. The maximum Gasteiger partial charge on any atom is 0.291 e. The molecule has 33 heavy (non-hydrogen) atoms. The molecule has 2 heterocycles. The molecule has 4 aliphatic rings. The lowest BCUT2D eigenvalue weighted by Gasteiger charge is -2.70. The predicted octanol–water partition coefficient (Wildman–Crippen LogP) is 5.33. The van der Waals surface area contributed by atoms with Crippen LogP contribution in [0.3, 0.4) is 0 Å². The van der Waals surface area contributed by atoms with E-state index in [0.29, 0.717) is 23.3 Å². The summed E-state index contributed by atoms with van der Waals surface area (Å²) < 4.78 is 17.4. The number of nitrogens with one attached hydrogen (secondary N) is 1. The summed E-state index contributed by atoms with van der Waals surface area (Å²) in [7, 11) is 0. The largest absolute Gasteiger partial charge is 0.472 e. The number of hydrogen-bond donors (Lipinski definition) is 1. The lowest BCUT2D eigenvalue weighted by Crippen LogP contribution is -2.75. The summed E-state index contributed by atoms with van der Waals surface area (Å²) in [4.78, 5) is 15.1. The molecule has 1 saturated heterocycles. The van der Waals surface area contributed by atoms with E-state index in [1.807, 2.05) is 30.3 Å². The molecule has 3 aliphatic carbocycles. The van der Waals surface area contributed by atoms with E-state index >= 15 is 0 Å². The zero-order valence-corrected chi connectivity index (χ0v) is 19.9. The summed E-state index contributed by atoms with van der Waals surface area (Å²) in [5.74, 6) is 3.48. The number of nitrogens with zero attached hydrogens (tertiary/aromatic N) is 1. The van der Waals surface area contributed by atoms with E-state index in [1.165, 1.54) is 24.6 Å². The Morgan fingerprint density at radius 3 is 2.73 bits per heavy atom. The summed E-state index contributed by atoms with van der Waals surface area (Å²) in [5.41, 5.74) is -0.0367. The Hall–Kier alpha value is -1.99. The van der Waals surface area contributed by atoms with E-state index in [9.17, 15) is 4.79 Å². The van der Waals surface area contributed by atoms with Crippen molar-refractivity contribution < 1.29 is 18.8 Å². The molecular formula is C26H32N2O4S. The van der Waals surface area contributed by atoms with Gasteiger partial charge in [-0.15, -0.1) is 0 Å². The fraction of sp³-hybridized carbons (Fsp3) is 0.615. The highest BCUT2D eigenvalue weighted by molar-refractivity contribution is 7.99. The Labute approximate surface area is 199 Å². The first-order valence-corrected chi connectivity index (χ1v) is 13.2. The smallest absolute Gasteiger partial charge is 0.291 e. The van der Waals surface area contributed by atoms with Gasteiger partial charge in [-0.3, -0.25) is 4.79 Å². The zero-order valence-electron chi connectivity index (χ0n) is 19.1. The first-order chi connectivity index (χ1) is 16.1. The number of carbonyl (C=O) groups is 1. The Kier molecular flexibility index (Phi) is 5.65. The van der Waals surface area contributed by atoms with Crippen molar-refractivity contribution in [3.05, 3.63) is 36.1 Å². The second kappa shape index (κ2) is 8.66. The van der Waals surface area contributed by atoms with Gasteiger partial charge in [-0.25, -0.2) is 0 Å². The molecule has 1 aromatic carbocycles. The van der Waals surface area contributed by atoms with Crippen LogP contribution >= 0.6 is 11.8 Å². The summed E-state index contributed by atoms with van der Waals surface area (Å²) >= 11 is 1.47. The molecule has 6 nitrogen and oxygen atoms in total. The van der Waals surface area contributed by atoms with Crippen molar-refractivity contribution in [3.63, 3.8) is 0 Å². The van der Waals surface area contributed by atoms with Gasteiger partial charge < -0.3 is 19.3 Å². The molecule has 1 amide bonds. The van der Waals surface area contributed by atoms with Crippen molar-refractivity contribution in [1.82, 2.24) is 10.5 Å². The number of benzene rings is 1. The molecule has 1 aliphatic heterocycles. The number of hydrogen-bond acceptors (Lipinski definition) is 6. The minimum absolute atomic E-state index is 0.0367. The van der Waals surface area contributed by atoms with Crippen molar-refractivity contribution in [2.75, 3.05) is 13.2 Å². The SMILES string of the molecule is CC1CC2CC3(NC(=O)c4onc(OCC5CCCCO5)c4Sc4ccccc4)CC(C1)C23. The van der Waals surface area contributed by atoms with E-state index in [4.69, 9.17) is 14.0 Å². The van der Waals surface area contributed by atoms with Gasteiger partial charge in [-0.05, 0) is 85.9 Å². The minimum atomic E-state index is -0.166. The normalized spacial score (nSPS) is 34.5. The van der Waals surface area contributed by atoms with Crippen LogP contribution in [-0.4, -0.2) is 35.9 Å². The second-order valence-electron chi connectivity index (χ2n) is 10.5. The molecule has 6 rings (SSSR count). The molecule has 3 unspecified atom stereocenters. The molecule has 0 bridgehead atoms. The third-order valence-electron chi connectivity index (χ3n) is 8.15. The predicted molar refractivity (Wildman–Crippen MR) is 124 cm³/mol. The van der Waals surface area contributed by atoms with Crippen LogP contribution in [0.5, 0.6) is 5.88 Å². The van der Waals surface area contributed by atoms with Crippen LogP contribution in [0.15, 0.2) is 44.6 Å². The molecule has 3 saturated carbocycles. The van der Waals surface area contributed by atoms with Crippen LogP contribution in [0.1, 0.15) is 62.4 Å². The van der Waals surface area contributed by atoms with Gasteiger partial charge in [0.05, 0.1) is 6.10 Å². The van der Waals surface area contributed by atoms with Crippen LogP contribution in [0, 0.1) is 23.7 Å². The van der Waals surface area contributed by atoms with Crippen LogP contribution in [-0.2, 0) is 4.74 Å². The summed E-state index contributed by atoms with van der Waals surface area (Å²) in [6, 6.07) is 9.98. The van der Waals surface area contributed by atoms with Crippen LogP contribution in [0.2, 0.25) is 0 Å². The molecule has 2 aromatic rings. The highest BCUT2D eigenvalue weighted by Gasteiger charge is 2.67. The lowest BCUT2D eigenvalue weighted by molar-refractivity contribution is -0.168. The molecular weight excluding hydrogens is 436 g/mol. The van der Waals surface area contributed by atoms with Gasteiger partial charge in [0.2, 0.25) is 5.76 Å². The third kappa shape index (κ3) is 3.97. The molecule has 7 heteroatoms. The van der Waals surface area contributed by atoms with Gasteiger partial charge in [-0.2, -0.15) is 0 Å². The van der Waals surface area contributed by atoms with Gasteiger partial charge in [-0.1, -0.05) is 36.9 Å². The van der Waals surface area contributed by atoms with E-state index in [1.54, 1.807) is 0 Å². The van der Waals surface area contributed by atoms with Gasteiger partial charge in [0.25, 0.3) is 11.8 Å². The van der Waals surface area contributed by atoms with Gasteiger partial charge >= 0.3 is 0 Å². The van der Waals surface area contributed by atoms with E-state index in [0.717, 1.165) is 61.4 Å². The number of aromatic nitrogens is 1. The zero-order chi connectivity index (χ0) is 22.4. The Morgan fingerprint density at radius 1 is 1.21 bits per heavy atom. The quantitative estimate of drug-likeness (QED) is 0.592. The summed E-state index contributed by atoms with van der Waals surface area (Å²) in [6.07, 6.45) is 8.10. The van der Waals surface area contributed by atoms with Gasteiger partial charge in [0.1, 0.15) is 11.5 Å². The fourth-order valence-electron chi connectivity index (χ4n) is 6.88. The van der Waals surface area contributed by atoms with Crippen LogP contribution in [0.4, 0.5) is 0 Å². The maximum atomic E-state index is 13.4. The Bertz CT molecular complexity index is 987. The number of rotatable bonds is 7. The second-order valence-corrected chi connectivity index (χ2v) is 11.6. The van der Waals surface area contributed by atoms with E-state index < -0.39 is 0 Å². The molecule has 1 aromatic heterocycles. The number of ether oxygens (including phenoxy) is 2. The standard InChI is InChI=1S/C26H32N2O4S/c1-16-11-17-13-26(14-18(12-16)21(17)26)27-24(29)22-23(33-20-8-3-2-4-9-20)25(28-32-22)31-15-19-7-5-6-10-30-19/h2-4,8-9,16-19,21H,5-7,10-15H2,1H3,(H,27,29). The average Bonchev–Trinajstić information content (AvgIpc) is 3.19. The lowest BCUT2D eigenvalue weighted by atomic mass is 9.38. The van der Waals surface area contributed by atoms with Gasteiger partial charge in [0, 0.05) is 17.0 Å². The highest BCUT2D eigenvalue weighted by atomic mass is 32.2. The first kappa shape index (κ1) is 21.5. The maximum absolute atomic E-state index is 13.4. The molecule has 3 atom stereocenters. The van der Waals surface area contributed by atoms with E-state index in [-0.39, 0.29) is 23.3 Å². The Morgan fingerprint density at radius 2 is 2.00 bits per heavy atom. The first-order valence-electron chi connectivity index (χ1n) is 12.4. The average molecular weight is 469 g/mol. The van der Waals surface area contributed by atoms with Crippen molar-refractivity contribution in [2.24, 2.45) is 23.7 Å². The molecule has 176 valence electrons. The van der Waals surface area contributed by atoms with Crippen molar-refractivity contribution in [3.8, 4) is 5.88 Å². The number of amides is 1. The molecule has 0 spiro atoms. The fourth-order valence-corrected chi connectivity index (χ4v) is 7.82. The van der Waals surface area contributed by atoms with Crippen molar-refractivity contribution >= 4 is 17.7 Å². The van der Waals surface area contributed by atoms with Crippen molar-refractivity contribution in [2.45, 2.75) is 73.3 Å². The van der Waals surface area contributed by atoms with Gasteiger partial charge in [0.15, 0.2) is 0 Å². The Balaban J connectivity index is 1.19. The minimum Gasteiger partial charge on any atom is -0.472 e. The van der Waals surface area contributed by atoms with Crippen LogP contribution < -0.4 is 10.1 Å². The van der Waals surface area contributed by atoms with Crippen LogP contribution in [0.25, 0.3) is 0 Å². The third-order valence-corrected chi connectivity index (χ3v) is 9.22. The molecule has 0 radical (unpaired) electrons. The topological polar surface area (TPSA) is 73.6 Å². The summed E-state index contributed by atoms with van der Waals surface area (Å²) in [5, 5.41) is 7.53. The molecule has 4 fully saturated rings. The molecule has 1 N–H and O–H groups in total. The highest BCUT2D eigenvalue weighted by Crippen LogP contribution is 2.66. The monoisotopic (exact) mass is 468 g/mol. The van der Waals surface area contributed by atoms with Crippen molar-refractivity contribution in [1.29, 1.82) is 0 Å². The van der Waals surface area contributed by atoms with E-state index in [2.05, 4.69) is 17.4 Å². The number of carbonyl (C=O) groups excluding carboxylic acids is 1.